The minimum Gasteiger partial charge on any atom is -0.462 e. The first kappa shape index (κ1) is 75.5. The Morgan fingerprint density at radius 1 is 0.259 bits per heavy atom. The van der Waals surface area contributed by atoms with Gasteiger partial charge in [0, 0.05) is 12.8 Å². The summed E-state index contributed by atoms with van der Waals surface area (Å²) in [6.45, 7) is 6.19. The molecule has 0 heterocycles. The molecule has 0 aliphatic rings. The maximum atomic E-state index is 12.9. The Balaban J connectivity index is 4.41. The van der Waals surface area contributed by atoms with E-state index in [9.17, 15) is 14.4 Å². The molecule has 0 N–H and O–H groups in total. The molecule has 81 heavy (non-hydrogen) atoms. The molecule has 0 saturated heterocycles. The first-order valence-electron chi connectivity index (χ1n) is 32.3. The second-order valence-electron chi connectivity index (χ2n) is 20.5. The number of esters is 3. The first-order valence-corrected chi connectivity index (χ1v) is 32.3. The van der Waals surface area contributed by atoms with Gasteiger partial charge in [-0.3, -0.25) is 14.4 Å². The van der Waals surface area contributed by atoms with Crippen LogP contribution in [0.2, 0.25) is 0 Å². The van der Waals surface area contributed by atoms with E-state index in [4.69, 9.17) is 14.2 Å². The van der Waals surface area contributed by atoms with Gasteiger partial charge in [0.25, 0.3) is 0 Å². The van der Waals surface area contributed by atoms with E-state index in [1.165, 1.54) is 57.8 Å². The second kappa shape index (κ2) is 67.0. The van der Waals surface area contributed by atoms with Crippen molar-refractivity contribution in [1.82, 2.24) is 0 Å². The van der Waals surface area contributed by atoms with Gasteiger partial charge in [0.1, 0.15) is 13.2 Å². The topological polar surface area (TPSA) is 78.9 Å². The zero-order chi connectivity index (χ0) is 58.5. The molecule has 0 radical (unpaired) electrons. The molecule has 0 aliphatic carbocycles. The second-order valence-corrected chi connectivity index (χ2v) is 20.5. The summed E-state index contributed by atoms with van der Waals surface area (Å²) in [5.41, 5.74) is 0. The molecule has 0 aromatic rings. The summed E-state index contributed by atoms with van der Waals surface area (Å²) in [7, 11) is 0. The maximum absolute atomic E-state index is 12.9. The van der Waals surface area contributed by atoms with Crippen molar-refractivity contribution in [2.45, 2.75) is 258 Å². The average Bonchev–Trinajstić information content (AvgIpc) is 3.47. The smallest absolute Gasteiger partial charge is 0.309 e. The summed E-state index contributed by atoms with van der Waals surface area (Å²) in [5, 5.41) is 0. The number of carbonyl (C=O) groups is 3. The van der Waals surface area contributed by atoms with Gasteiger partial charge in [-0.2, -0.15) is 0 Å². The highest BCUT2D eigenvalue weighted by Crippen LogP contribution is 2.14. The van der Waals surface area contributed by atoms with Crippen LogP contribution in [0.1, 0.15) is 252 Å². The molecule has 0 spiro atoms. The summed E-state index contributed by atoms with van der Waals surface area (Å²) in [6, 6.07) is 0. The lowest BCUT2D eigenvalue weighted by molar-refractivity contribution is -0.166. The molecule has 0 saturated carbocycles. The summed E-state index contributed by atoms with van der Waals surface area (Å²) in [4.78, 5) is 38.3. The number of ether oxygens (including phenoxy) is 3. The lowest BCUT2D eigenvalue weighted by Gasteiger charge is -2.18. The van der Waals surface area contributed by atoms with Crippen LogP contribution in [0.5, 0.6) is 0 Å². The molecular formula is C75H116O6. The Morgan fingerprint density at radius 3 is 0.802 bits per heavy atom. The highest BCUT2D eigenvalue weighted by molar-refractivity contribution is 5.72. The van der Waals surface area contributed by atoms with Crippen molar-refractivity contribution >= 4 is 17.9 Å². The monoisotopic (exact) mass is 1110 g/mol. The van der Waals surface area contributed by atoms with E-state index in [-0.39, 0.29) is 38.0 Å². The zero-order valence-corrected chi connectivity index (χ0v) is 51.7. The van der Waals surface area contributed by atoms with Gasteiger partial charge in [-0.05, 0) is 135 Å². The van der Waals surface area contributed by atoms with Crippen molar-refractivity contribution in [2.75, 3.05) is 13.2 Å². The molecule has 0 aliphatic heterocycles. The molecule has 6 nitrogen and oxygen atoms in total. The number of rotatable bonds is 56. The van der Waals surface area contributed by atoms with Gasteiger partial charge >= 0.3 is 17.9 Å². The van der Waals surface area contributed by atoms with Crippen molar-refractivity contribution in [3.63, 3.8) is 0 Å². The van der Waals surface area contributed by atoms with Crippen LogP contribution in [-0.2, 0) is 28.6 Å². The van der Waals surface area contributed by atoms with Crippen molar-refractivity contribution in [2.24, 2.45) is 0 Å². The summed E-state index contributed by atoms with van der Waals surface area (Å²) >= 11 is 0. The molecular weight excluding hydrogens is 997 g/mol. The van der Waals surface area contributed by atoms with Crippen molar-refractivity contribution < 1.29 is 28.6 Å². The fourth-order valence-electron chi connectivity index (χ4n) is 8.22. The number of hydrogen-bond acceptors (Lipinski definition) is 6. The number of allylic oxidation sites excluding steroid dienone is 29. The third-order valence-electron chi connectivity index (χ3n) is 12.9. The van der Waals surface area contributed by atoms with Gasteiger partial charge in [-0.15, -0.1) is 0 Å². The van der Waals surface area contributed by atoms with Crippen LogP contribution in [0.15, 0.2) is 182 Å². The van der Waals surface area contributed by atoms with E-state index in [1.807, 2.05) is 6.08 Å². The third kappa shape index (κ3) is 65.2. The summed E-state index contributed by atoms with van der Waals surface area (Å²) < 4.78 is 16.8. The number of hydrogen-bond donors (Lipinski definition) is 0. The van der Waals surface area contributed by atoms with Crippen LogP contribution in [0, 0.1) is 0 Å². The molecule has 0 aromatic heterocycles. The van der Waals surface area contributed by atoms with Crippen LogP contribution in [0.25, 0.3) is 0 Å². The average molecular weight is 1110 g/mol. The molecule has 0 amide bonds. The van der Waals surface area contributed by atoms with Crippen molar-refractivity contribution in [3.05, 3.63) is 182 Å². The summed E-state index contributed by atoms with van der Waals surface area (Å²) in [6.07, 6.45) is 101. The highest BCUT2D eigenvalue weighted by atomic mass is 16.6. The minimum atomic E-state index is -0.837. The molecule has 1 unspecified atom stereocenters. The van der Waals surface area contributed by atoms with E-state index in [1.54, 1.807) is 6.08 Å². The van der Waals surface area contributed by atoms with Crippen LogP contribution in [0.4, 0.5) is 0 Å². The third-order valence-corrected chi connectivity index (χ3v) is 12.9. The molecule has 1 atom stereocenters. The van der Waals surface area contributed by atoms with Gasteiger partial charge in [0.15, 0.2) is 6.10 Å². The maximum Gasteiger partial charge on any atom is 0.309 e. The molecule has 6 heteroatoms. The fraction of sp³-hybridized carbons (Fsp3) is 0.560. The molecule has 0 fully saturated rings. The van der Waals surface area contributed by atoms with Crippen LogP contribution < -0.4 is 0 Å². The first-order chi connectivity index (χ1) is 40.0. The molecule has 452 valence electrons. The van der Waals surface area contributed by atoms with Gasteiger partial charge < -0.3 is 14.2 Å². The van der Waals surface area contributed by atoms with Crippen LogP contribution >= 0.6 is 0 Å². The van der Waals surface area contributed by atoms with Crippen molar-refractivity contribution in [1.29, 1.82) is 0 Å². The normalized spacial score (nSPS) is 13.4. The van der Waals surface area contributed by atoms with E-state index in [0.29, 0.717) is 6.42 Å². The zero-order valence-electron chi connectivity index (χ0n) is 51.7. The standard InChI is InChI=1S/C75H116O6/c1-4-7-10-13-16-19-22-25-28-30-31-32-33-34-35-36-37-38-39-40-41-42-43-45-47-50-53-56-59-62-65-68-74(77)80-71-72(70-79-73(76)67-64-61-58-55-52-49-46-27-24-21-18-15-12-9-6-3)81-75(78)69-66-63-60-57-54-51-48-44-29-26-23-20-17-14-11-8-5-2/h7-12,16-21,25-29,31-32,34-35,37-38,40-41,46,52,55,61,64,72H,4-6,13-15,22-24,30,33,36,39,42-45,47-51,53-54,56-60,62-63,65-71H2,1-3H3/b10-7-,11-8-,12-9-,19-16-,20-17-,21-18-,28-25-,29-26-,32-31-,35-34-,38-37-,41-40-,46-27-,55-52-,64-61-. The van der Waals surface area contributed by atoms with E-state index >= 15 is 0 Å². The lowest BCUT2D eigenvalue weighted by Crippen LogP contribution is -2.30. The Hall–Kier alpha value is -5.49. The van der Waals surface area contributed by atoms with Gasteiger partial charge in [0.05, 0.1) is 6.42 Å². The molecule has 0 rings (SSSR count). The van der Waals surface area contributed by atoms with E-state index in [2.05, 4.69) is 191 Å². The SMILES string of the molecule is CC/C=C\C/C=C\C/C=C\C/C=C\C/C=C\C/C=C\C/C=C\CCCCCCCCCCCC(=O)OCC(COC(=O)C/C=C\C/C=C\C/C=C\C/C=C\C/C=C\CC)OC(=O)CCCCCCCCC/C=C\C/C=C\C/C=C\CC. The van der Waals surface area contributed by atoms with Gasteiger partial charge in [-0.1, -0.05) is 280 Å². The lowest BCUT2D eigenvalue weighted by atomic mass is 10.1. The predicted octanol–water partition coefficient (Wildman–Crippen LogP) is 22.4. The quantitative estimate of drug-likeness (QED) is 0.0261. The van der Waals surface area contributed by atoms with Crippen LogP contribution in [-0.4, -0.2) is 37.2 Å². The molecule has 0 aromatic carbocycles. The van der Waals surface area contributed by atoms with Crippen LogP contribution in [0.3, 0.4) is 0 Å². The highest BCUT2D eigenvalue weighted by Gasteiger charge is 2.19. The molecule has 0 bridgehead atoms. The summed E-state index contributed by atoms with van der Waals surface area (Å²) in [5.74, 6) is -1.08. The number of carbonyl (C=O) groups excluding carboxylic acids is 3. The van der Waals surface area contributed by atoms with E-state index < -0.39 is 12.1 Å². The largest absolute Gasteiger partial charge is 0.462 e. The number of unbranched alkanes of at least 4 members (excludes halogenated alkanes) is 16. The Bertz CT molecular complexity index is 1900. The predicted molar refractivity (Wildman–Crippen MR) is 352 cm³/mol. The van der Waals surface area contributed by atoms with E-state index in [0.717, 1.165) is 154 Å². The fourth-order valence-corrected chi connectivity index (χ4v) is 8.22. The Morgan fingerprint density at radius 2 is 0.494 bits per heavy atom. The van der Waals surface area contributed by atoms with Crippen molar-refractivity contribution in [3.8, 4) is 0 Å². The van der Waals surface area contributed by atoms with Gasteiger partial charge in [0.2, 0.25) is 0 Å². The minimum absolute atomic E-state index is 0.115. The van der Waals surface area contributed by atoms with Gasteiger partial charge in [-0.25, -0.2) is 0 Å². The Kier molecular flexibility index (Phi) is 62.5. The Labute approximate surface area is 497 Å².